The van der Waals surface area contributed by atoms with E-state index in [0.717, 1.165) is 19.4 Å². The first-order valence-corrected chi connectivity index (χ1v) is 5.20. The summed E-state index contributed by atoms with van der Waals surface area (Å²) in [5, 5.41) is 9.81. The van der Waals surface area contributed by atoms with Crippen molar-refractivity contribution >= 4 is 5.97 Å². The standard InChI is InChI=1S/C10H17N3O3/c1-12(8-10(14)15)16-7-3-2-5-13-6-4-11-9-13/h4,6,9H,2-3,5,7-8H2,1H3,(H,14,15). The summed E-state index contributed by atoms with van der Waals surface area (Å²) in [7, 11) is 1.62. The Kier molecular flexibility index (Phi) is 5.52. The molecule has 0 aliphatic carbocycles. The van der Waals surface area contributed by atoms with E-state index < -0.39 is 5.97 Å². The Bertz CT molecular complexity index is 300. The number of imidazole rings is 1. The number of rotatable bonds is 8. The number of likely N-dealkylation sites (N-methyl/N-ethyl adjacent to an activating group) is 1. The molecular weight excluding hydrogens is 210 g/mol. The maximum Gasteiger partial charge on any atom is 0.320 e. The summed E-state index contributed by atoms with van der Waals surface area (Å²) in [6.07, 6.45) is 7.31. The average molecular weight is 227 g/mol. The van der Waals surface area contributed by atoms with Gasteiger partial charge in [0.1, 0.15) is 6.54 Å². The number of hydrogen-bond acceptors (Lipinski definition) is 4. The van der Waals surface area contributed by atoms with Crippen LogP contribution >= 0.6 is 0 Å². The molecule has 90 valence electrons. The molecule has 1 aromatic rings. The zero-order valence-electron chi connectivity index (χ0n) is 9.37. The van der Waals surface area contributed by atoms with E-state index in [1.54, 1.807) is 19.6 Å². The lowest BCUT2D eigenvalue weighted by Gasteiger charge is -2.13. The summed E-state index contributed by atoms with van der Waals surface area (Å²) in [5.74, 6) is -0.888. The van der Waals surface area contributed by atoms with Gasteiger partial charge < -0.3 is 9.67 Å². The lowest BCUT2D eigenvalue weighted by molar-refractivity contribution is -0.166. The Morgan fingerprint density at radius 1 is 1.56 bits per heavy atom. The SMILES string of the molecule is CN(CC(=O)O)OCCCCn1ccnc1. The second-order valence-corrected chi connectivity index (χ2v) is 3.52. The van der Waals surface area contributed by atoms with Crippen LogP contribution < -0.4 is 0 Å². The van der Waals surface area contributed by atoms with Crippen molar-refractivity contribution in [2.45, 2.75) is 19.4 Å². The molecule has 16 heavy (non-hydrogen) atoms. The maximum absolute atomic E-state index is 10.3. The van der Waals surface area contributed by atoms with Crippen LogP contribution in [0.1, 0.15) is 12.8 Å². The van der Waals surface area contributed by atoms with Gasteiger partial charge in [-0.1, -0.05) is 0 Å². The van der Waals surface area contributed by atoms with Gasteiger partial charge in [0.15, 0.2) is 0 Å². The zero-order chi connectivity index (χ0) is 11.8. The Morgan fingerprint density at radius 2 is 2.38 bits per heavy atom. The number of hydrogen-bond donors (Lipinski definition) is 1. The topological polar surface area (TPSA) is 67.6 Å². The molecule has 0 fully saturated rings. The predicted octanol–water partition coefficient (Wildman–Crippen LogP) is 0.611. The van der Waals surface area contributed by atoms with Gasteiger partial charge in [0.25, 0.3) is 0 Å². The van der Waals surface area contributed by atoms with Gasteiger partial charge in [-0.2, -0.15) is 5.06 Å². The highest BCUT2D eigenvalue weighted by atomic mass is 16.7. The van der Waals surface area contributed by atoms with Crippen LogP contribution in [0.25, 0.3) is 0 Å². The number of aliphatic carboxylic acids is 1. The van der Waals surface area contributed by atoms with E-state index in [1.165, 1.54) is 5.06 Å². The number of carbonyl (C=O) groups is 1. The zero-order valence-corrected chi connectivity index (χ0v) is 9.37. The second kappa shape index (κ2) is 6.97. The van der Waals surface area contributed by atoms with Crippen LogP contribution in [0, 0.1) is 0 Å². The van der Waals surface area contributed by atoms with Gasteiger partial charge in [-0.3, -0.25) is 9.63 Å². The smallest absolute Gasteiger partial charge is 0.320 e. The Hall–Kier alpha value is -1.40. The minimum absolute atomic E-state index is 0.0957. The number of hydroxylamine groups is 2. The van der Waals surface area contributed by atoms with Crippen molar-refractivity contribution < 1.29 is 14.7 Å². The van der Waals surface area contributed by atoms with Crippen molar-refractivity contribution in [3.05, 3.63) is 18.7 Å². The van der Waals surface area contributed by atoms with Crippen molar-refractivity contribution in [2.24, 2.45) is 0 Å². The third kappa shape index (κ3) is 5.47. The van der Waals surface area contributed by atoms with Crippen LogP contribution in [0.5, 0.6) is 0 Å². The minimum Gasteiger partial charge on any atom is -0.480 e. The number of aryl methyl sites for hydroxylation is 1. The highest BCUT2D eigenvalue weighted by Crippen LogP contribution is 1.97. The summed E-state index contributed by atoms with van der Waals surface area (Å²) in [5.41, 5.74) is 0. The van der Waals surface area contributed by atoms with E-state index in [9.17, 15) is 4.79 Å². The fraction of sp³-hybridized carbons (Fsp3) is 0.600. The Labute approximate surface area is 94.4 Å². The third-order valence-electron chi connectivity index (χ3n) is 2.04. The molecule has 0 aliphatic heterocycles. The van der Waals surface area contributed by atoms with Gasteiger partial charge in [0.2, 0.25) is 0 Å². The number of aromatic nitrogens is 2. The molecule has 0 bridgehead atoms. The quantitative estimate of drug-likeness (QED) is 0.520. The average Bonchev–Trinajstić information content (AvgIpc) is 2.68. The number of carboxylic acids is 1. The van der Waals surface area contributed by atoms with Gasteiger partial charge in [-0.15, -0.1) is 0 Å². The first kappa shape index (κ1) is 12.7. The largest absolute Gasteiger partial charge is 0.480 e. The molecule has 0 radical (unpaired) electrons. The second-order valence-electron chi connectivity index (χ2n) is 3.52. The number of carboxylic acid groups (broad SMARTS) is 1. The van der Waals surface area contributed by atoms with E-state index in [-0.39, 0.29) is 6.54 Å². The molecule has 0 saturated heterocycles. The van der Waals surface area contributed by atoms with E-state index in [1.807, 2.05) is 10.8 Å². The molecular formula is C10H17N3O3. The van der Waals surface area contributed by atoms with E-state index in [0.29, 0.717) is 6.61 Å². The molecule has 1 N–H and O–H groups in total. The van der Waals surface area contributed by atoms with Gasteiger partial charge in [-0.05, 0) is 12.8 Å². The molecule has 0 atom stereocenters. The van der Waals surface area contributed by atoms with Crippen LogP contribution in [-0.2, 0) is 16.2 Å². The summed E-state index contributed by atoms with van der Waals surface area (Å²) in [6, 6.07) is 0. The molecule has 6 heteroatoms. The molecule has 0 unspecified atom stereocenters. The molecule has 0 aromatic carbocycles. The van der Waals surface area contributed by atoms with E-state index in [2.05, 4.69) is 4.98 Å². The molecule has 0 aliphatic rings. The van der Waals surface area contributed by atoms with Crippen molar-refractivity contribution in [3.8, 4) is 0 Å². The molecule has 0 saturated carbocycles. The molecule has 6 nitrogen and oxygen atoms in total. The van der Waals surface area contributed by atoms with Crippen LogP contribution in [-0.4, -0.2) is 45.9 Å². The first-order valence-electron chi connectivity index (χ1n) is 5.20. The highest BCUT2D eigenvalue weighted by Gasteiger charge is 2.03. The molecule has 1 rings (SSSR count). The van der Waals surface area contributed by atoms with Crippen LogP contribution in [0.4, 0.5) is 0 Å². The van der Waals surface area contributed by atoms with Gasteiger partial charge in [0.05, 0.1) is 12.9 Å². The minimum atomic E-state index is -0.888. The third-order valence-corrected chi connectivity index (χ3v) is 2.04. The Morgan fingerprint density at radius 3 is 3.00 bits per heavy atom. The number of unbranched alkanes of at least 4 members (excludes halogenated alkanes) is 1. The van der Waals surface area contributed by atoms with Gasteiger partial charge >= 0.3 is 5.97 Å². The number of nitrogens with zero attached hydrogens (tertiary/aromatic N) is 3. The molecule has 0 amide bonds. The predicted molar refractivity (Wildman–Crippen MR) is 57.7 cm³/mol. The van der Waals surface area contributed by atoms with Crippen LogP contribution in [0.2, 0.25) is 0 Å². The maximum atomic E-state index is 10.3. The summed E-state index contributed by atoms with van der Waals surface area (Å²) < 4.78 is 2.00. The monoisotopic (exact) mass is 227 g/mol. The summed E-state index contributed by atoms with van der Waals surface area (Å²) in [6.45, 7) is 1.35. The van der Waals surface area contributed by atoms with Crippen molar-refractivity contribution in [1.82, 2.24) is 14.6 Å². The lowest BCUT2D eigenvalue weighted by Crippen LogP contribution is -2.26. The fourth-order valence-electron chi connectivity index (χ4n) is 1.27. The van der Waals surface area contributed by atoms with Crippen molar-refractivity contribution in [2.75, 3.05) is 20.2 Å². The normalized spacial score (nSPS) is 10.9. The highest BCUT2D eigenvalue weighted by molar-refractivity contribution is 5.68. The van der Waals surface area contributed by atoms with Crippen molar-refractivity contribution in [3.63, 3.8) is 0 Å². The van der Waals surface area contributed by atoms with Crippen LogP contribution in [0.15, 0.2) is 18.7 Å². The van der Waals surface area contributed by atoms with Gasteiger partial charge in [0, 0.05) is 26.0 Å². The molecule has 1 heterocycles. The van der Waals surface area contributed by atoms with Gasteiger partial charge in [-0.25, -0.2) is 4.98 Å². The van der Waals surface area contributed by atoms with E-state index >= 15 is 0 Å². The van der Waals surface area contributed by atoms with Crippen molar-refractivity contribution in [1.29, 1.82) is 0 Å². The lowest BCUT2D eigenvalue weighted by atomic mass is 10.3. The van der Waals surface area contributed by atoms with Crippen LogP contribution in [0.3, 0.4) is 0 Å². The Balaban J connectivity index is 1.97. The fourth-order valence-corrected chi connectivity index (χ4v) is 1.27. The summed E-state index contributed by atoms with van der Waals surface area (Å²) >= 11 is 0. The van der Waals surface area contributed by atoms with E-state index in [4.69, 9.17) is 9.94 Å². The molecule has 0 spiro atoms. The summed E-state index contributed by atoms with van der Waals surface area (Å²) in [4.78, 5) is 19.5. The molecule has 1 aromatic heterocycles. The first-order chi connectivity index (χ1) is 7.68.